The van der Waals surface area contributed by atoms with Gasteiger partial charge in [0.25, 0.3) is 5.89 Å². The maximum Gasteiger partial charge on any atom is 0.258 e. The van der Waals surface area contributed by atoms with E-state index in [1.54, 1.807) is 7.11 Å². The Kier molecular flexibility index (Phi) is 5.62. The predicted molar refractivity (Wildman–Crippen MR) is 90.1 cm³/mol. The lowest BCUT2D eigenvalue weighted by Crippen LogP contribution is -2.44. The molecule has 1 aliphatic rings. The van der Waals surface area contributed by atoms with Gasteiger partial charge in [-0.15, -0.1) is 0 Å². The maximum atomic E-state index is 11.7. The van der Waals surface area contributed by atoms with E-state index >= 15 is 0 Å². The highest BCUT2D eigenvalue weighted by Gasteiger charge is 2.27. The molecule has 0 aliphatic carbocycles. The zero-order valence-corrected chi connectivity index (χ0v) is 14.4. The van der Waals surface area contributed by atoms with Crippen LogP contribution in [0.25, 0.3) is 11.5 Å². The van der Waals surface area contributed by atoms with Crippen molar-refractivity contribution in [2.24, 2.45) is 0 Å². The first kappa shape index (κ1) is 17.4. The molecule has 8 heteroatoms. The van der Waals surface area contributed by atoms with Crippen molar-refractivity contribution in [3.63, 3.8) is 0 Å². The number of ether oxygens (including phenoxy) is 2. The van der Waals surface area contributed by atoms with Crippen molar-refractivity contribution >= 4 is 5.91 Å². The molecule has 134 valence electrons. The number of morpholine rings is 1. The van der Waals surface area contributed by atoms with Crippen LogP contribution >= 0.6 is 0 Å². The molecule has 1 amide bonds. The molecule has 1 atom stereocenters. The van der Waals surface area contributed by atoms with Gasteiger partial charge in [-0.2, -0.15) is 4.98 Å². The molecule has 2 aromatic rings. The molecule has 2 heterocycles. The summed E-state index contributed by atoms with van der Waals surface area (Å²) in [6.45, 7) is 4.66. The topological polar surface area (TPSA) is 89.7 Å². The van der Waals surface area contributed by atoms with Gasteiger partial charge < -0.3 is 19.3 Å². The first-order valence-corrected chi connectivity index (χ1v) is 8.28. The highest BCUT2D eigenvalue weighted by atomic mass is 16.5. The molecule has 8 nitrogen and oxygen atoms in total. The van der Waals surface area contributed by atoms with Gasteiger partial charge in [-0.05, 0) is 31.2 Å². The molecule has 1 aliphatic heterocycles. The van der Waals surface area contributed by atoms with Gasteiger partial charge in [-0.3, -0.25) is 9.69 Å². The number of nitrogens with one attached hydrogen (secondary N) is 1. The number of aromatic nitrogens is 2. The zero-order chi connectivity index (χ0) is 17.6. The number of carbonyl (C=O) groups excluding carboxylic acids is 1. The van der Waals surface area contributed by atoms with Crippen LogP contribution in [0.4, 0.5) is 0 Å². The Labute approximate surface area is 146 Å². The van der Waals surface area contributed by atoms with Crippen LogP contribution in [0.2, 0.25) is 0 Å². The number of hydrogen-bond acceptors (Lipinski definition) is 7. The summed E-state index contributed by atoms with van der Waals surface area (Å²) in [5.41, 5.74) is 0.814. The van der Waals surface area contributed by atoms with Gasteiger partial charge in [-0.1, -0.05) is 5.16 Å². The minimum atomic E-state index is -0.307. The number of rotatable bonds is 6. The molecule has 3 rings (SSSR count). The summed E-state index contributed by atoms with van der Waals surface area (Å²) >= 11 is 0. The SMILES string of the molecule is CCNC(=O)CN1CCO[C@@H](c2noc(-c3ccc(OC)cc3)n2)C1. The summed E-state index contributed by atoms with van der Waals surface area (Å²) in [5, 5.41) is 6.84. The second kappa shape index (κ2) is 8.09. The van der Waals surface area contributed by atoms with Crippen LogP contribution < -0.4 is 10.1 Å². The van der Waals surface area contributed by atoms with E-state index in [0.717, 1.165) is 11.3 Å². The molecular formula is C17H22N4O4. The monoisotopic (exact) mass is 346 g/mol. The lowest BCUT2D eigenvalue weighted by atomic mass is 10.2. The van der Waals surface area contributed by atoms with Gasteiger partial charge in [0.1, 0.15) is 11.9 Å². The van der Waals surface area contributed by atoms with Crippen LogP contribution in [0.3, 0.4) is 0 Å². The van der Waals surface area contributed by atoms with Gasteiger partial charge >= 0.3 is 0 Å². The molecule has 0 saturated carbocycles. The molecule has 0 unspecified atom stereocenters. The normalized spacial score (nSPS) is 18.1. The van der Waals surface area contributed by atoms with Crippen LogP contribution in [0.5, 0.6) is 5.75 Å². The van der Waals surface area contributed by atoms with Crippen molar-refractivity contribution < 1.29 is 18.8 Å². The summed E-state index contributed by atoms with van der Waals surface area (Å²) in [7, 11) is 1.62. The fourth-order valence-electron chi connectivity index (χ4n) is 2.68. The van der Waals surface area contributed by atoms with Crippen molar-refractivity contribution in [2.45, 2.75) is 13.0 Å². The van der Waals surface area contributed by atoms with Gasteiger partial charge in [0.05, 0.1) is 20.3 Å². The Morgan fingerprint density at radius 1 is 1.40 bits per heavy atom. The maximum absolute atomic E-state index is 11.7. The van der Waals surface area contributed by atoms with Gasteiger partial charge in [0.2, 0.25) is 11.7 Å². The average molecular weight is 346 g/mol. The molecule has 25 heavy (non-hydrogen) atoms. The molecule has 1 fully saturated rings. The van der Waals surface area contributed by atoms with Crippen molar-refractivity contribution in [1.82, 2.24) is 20.4 Å². The predicted octanol–water partition coefficient (Wildman–Crippen LogP) is 1.25. The molecule has 0 spiro atoms. The van der Waals surface area contributed by atoms with E-state index in [0.29, 0.717) is 44.5 Å². The van der Waals surface area contributed by atoms with Crippen molar-refractivity contribution in [1.29, 1.82) is 0 Å². The molecule has 1 N–H and O–H groups in total. The summed E-state index contributed by atoms with van der Waals surface area (Å²) in [6.07, 6.45) is -0.307. The highest BCUT2D eigenvalue weighted by molar-refractivity contribution is 5.77. The van der Waals surface area contributed by atoms with Crippen LogP contribution in [0, 0.1) is 0 Å². The van der Waals surface area contributed by atoms with Crippen molar-refractivity contribution in [3.05, 3.63) is 30.1 Å². The zero-order valence-electron chi connectivity index (χ0n) is 14.4. The smallest absolute Gasteiger partial charge is 0.258 e. The largest absolute Gasteiger partial charge is 0.497 e. The van der Waals surface area contributed by atoms with Crippen LogP contribution in [-0.2, 0) is 9.53 Å². The lowest BCUT2D eigenvalue weighted by molar-refractivity contribution is -0.124. The van der Waals surface area contributed by atoms with Crippen LogP contribution in [0.1, 0.15) is 18.9 Å². The second-order valence-electron chi connectivity index (χ2n) is 5.73. The molecule has 1 saturated heterocycles. The number of amides is 1. The van der Waals surface area contributed by atoms with E-state index in [4.69, 9.17) is 14.0 Å². The Balaban J connectivity index is 1.65. The van der Waals surface area contributed by atoms with E-state index < -0.39 is 0 Å². The summed E-state index contributed by atoms with van der Waals surface area (Å²) in [6, 6.07) is 7.40. The third-order valence-electron chi connectivity index (χ3n) is 3.96. The third kappa shape index (κ3) is 4.34. The van der Waals surface area contributed by atoms with Crippen LogP contribution in [-0.4, -0.2) is 60.8 Å². The number of nitrogens with zero attached hydrogens (tertiary/aromatic N) is 3. The van der Waals surface area contributed by atoms with E-state index in [1.165, 1.54) is 0 Å². The first-order chi connectivity index (χ1) is 12.2. The number of likely N-dealkylation sites (N-methyl/N-ethyl adjacent to an activating group) is 1. The van der Waals surface area contributed by atoms with Crippen molar-refractivity contribution in [3.8, 4) is 17.2 Å². The Morgan fingerprint density at radius 2 is 2.20 bits per heavy atom. The molecule has 1 aromatic carbocycles. The fraction of sp³-hybridized carbons (Fsp3) is 0.471. The summed E-state index contributed by atoms with van der Waals surface area (Å²) in [5.74, 6) is 1.70. The van der Waals surface area contributed by atoms with Crippen LogP contribution in [0.15, 0.2) is 28.8 Å². The quantitative estimate of drug-likeness (QED) is 0.842. The number of hydrogen-bond donors (Lipinski definition) is 1. The Bertz CT molecular complexity index is 701. The molecule has 1 aromatic heterocycles. The Hall–Kier alpha value is -2.45. The number of benzene rings is 1. The van der Waals surface area contributed by atoms with Gasteiger partial charge in [0, 0.05) is 25.2 Å². The number of methoxy groups -OCH3 is 1. The minimum Gasteiger partial charge on any atom is -0.497 e. The molecule has 0 radical (unpaired) electrons. The summed E-state index contributed by atoms with van der Waals surface area (Å²) < 4.78 is 16.2. The van der Waals surface area contributed by atoms with E-state index in [2.05, 4.69) is 15.5 Å². The second-order valence-corrected chi connectivity index (χ2v) is 5.73. The van der Waals surface area contributed by atoms with E-state index in [1.807, 2.05) is 36.1 Å². The van der Waals surface area contributed by atoms with Gasteiger partial charge in [0.15, 0.2) is 0 Å². The fourth-order valence-corrected chi connectivity index (χ4v) is 2.68. The highest BCUT2D eigenvalue weighted by Crippen LogP contribution is 2.25. The first-order valence-electron chi connectivity index (χ1n) is 8.28. The van der Waals surface area contributed by atoms with Gasteiger partial charge in [-0.25, -0.2) is 0 Å². The molecular weight excluding hydrogens is 324 g/mol. The van der Waals surface area contributed by atoms with E-state index in [-0.39, 0.29) is 12.0 Å². The lowest BCUT2D eigenvalue weighted by Gasteiger charge is -2.30. The summed E-state index contributed by atoms with van der Waals surface area (Å²) in [4.78, 5) is 18.2. The minimum absolute atomic E-state index is 0.00943. The Morgan fingerprint density at radius 3 is 2.92 bits per heavy atom. The van der Waals surface area contributed by atoms with Crippen molar-refractivity contribution in [2.75, 3.05) is 39.9 Å². The standard InChI is InChI=1S/C17H22N4O4/c1-3-18-15(22)11-21-8-9-24-14(10-21)16-19-17(25-20-16)12-4-6-13(23-2)7-5-12/h4-7,14H,3,8-11H2,1-2H3,(H,18,22)/t14-/m1/s1. The molecule has 0 bridgehead atoms. The third-order valence-corrected chi connectivity index (χ3v) is 3.96. The average Bonchev–Trinajstić information content (AvgIpc) is 3.12. The number of carbonyl (C=O) groups is 1. The van der Waals surface area contributed by atoms with E-state index in [9.17, 15) is 4.79 Å².